The van der Waals surface area contributed by atoms with Gasteiger partial charge in [-0.1, -0.05) is 25.1 Å². The zero-order chi connectivity index (χ0) is 14.7. The maximum Gasteiger partial charge on any atom is 0.231 e. The normalized spacial score (nSPS) is 12.7. The molecule has 0 bridgehead atoms. The maximum atomic E-state index is 5.78. The first-order valence-corrected chi connectivity index (χ1v) is 6.75. The molecular formula is C15H21N3O2. The van der Waals surface area contributed by atoms with Crippen molar-refractivity contribution in [3.05, 3.63) is 29.7 Å². The van der Waals surface area contributed by atoms with Gasteiger partial charge in [0, 0.05) is 6.54 Å². The lowest BCUT2D eigenvalue weighted by atomic mass is 9.96. The van der Waals surface area contributed by atoms with Crippen molar-refractivity contribution in [2.45, 2.75) is 26.7 Å². The van der Waals surface area contributed by atoms with Gasteiger partial charge in [0.2, 0.25) is 11.7 Å². The number of nitrogens with two attached hydrogens (primary N) is 1. The highest BCUT2D eigenvalue weighted by molar-refractivity contribution is 5.64. The van der Waals surface area contributed by atoms with E-state index in [0.29, 0.717) is 24.2 Å². The quantitative estimate of drug-likeness (QED) is 0.908. The number of aromatic nitrogens is 2. The van der Waals surface area contributed by atoms with E-state index in [0.717, 1.165) is 16.9 Å². The van der Waals surface area contributed by atoms with Crippen LogP contribution in [0.15, 0.2) is 22.7 Å². The summed E-state index contributed by atoms with van der Waals surface area (Å²) in [6.07, 6.45) is 0. The van der Waals surface area contributed by atoms with Gasteiger partial charge in [0.05, 0.1) is 18.6 Å². The van der Waals surface area contributed by atoms with E-state index in [4.69, 9.17) is 15.0 Å². The molecule has 1 aromatic heterocycles. The van der Waals surface area contributed by atoms with Gasteiger partial charge < -0.3 is 15.0 Å². The highest BCUT2D eigenvalue weighted by Crippen LogP contribution is 2.30. The minimum absolute atomic E-state index is 0.0766. The van der Waals surface area contributed by atoms with Crippen LogP contribution in [-0.4, -0.2) is 23.8 Å². The molecule has 108 valence electrons. The molecular weight excluding hydrogens is 254 g/mol. The summed E-state index contributed by atoms with van der Waals surface area (Å²) in [5.74, 6) is 2.29. The number of ether oxygens (including phenoxy) is 1. The van der Waals surface area contributed by atoms with Gasteiger partial charge in [0.25, 0.3) is 0 Å². The molecule has 0 amide bonds. The lowest BCUT2D eigenvalue weighted by Gasteiger charge is -2.13. The van der Waals surface area contributed by atoms with Gasteiger partial charge in [0.1, 0.15) is 5.75 Å². The molecule has 0 spiro atoms. The second-order valence-corrected chi connectivity index (χ2v) is 5.25. The lowest BCUT2D eigenvalue weighted by molar-refractivity contribution is 0.324. The Balaban J connectivity index is 2.38. The van der Waals surface area contributed by atoms with Crippen molar-refractivity contribution in [1.29, 1.82) is 0 Å². The third kappa shape index (κ3) is 2.82. The molecule has 0 fully saturated rings. The van der Waals surface area contributed by atoms with E-state index >= 15 is 0 Å². The summed E-state index contributed by atoms with van der Waals surface area (Å²) in [5, 5.41) is 4.05. The van der Waals surface area contributed by atoms with Crippen molar-refractivity contribution in [3.8, 4) is 17.1 Å². The molecule has 0 aliphatic heterocycles. The predicted molar refractivity (Wildman–Crippen MR) is 77.7 cm³/mol. The molecule has 1 aromatic carbocycles. The van der Waals surface area contributed by atoms with Crippen LogP contribution in [0.3, 0.4) is 0 Å². The number of rotatable bonds is 5. The molecule has 0 aliphatic rings. The molecule has 0 saturated heterocycles. The first-order valence-electron chi connectivity index (χ1n) is 6.75. The summed E-state index contributed by atoms with van der Waals surface area (Å²) in [6, 6.07) is 5.89. The van der Waals surface area contributed by atoms with Gasteiger partial charge in [-0.3, -0.25) is 0 Å². The van der Waals surface area contributed by atoms with Crippen molar-refractivity contribution in [2.75, 3.05) is 13.7 Å². The number of hydrogen-bond acceptors (Lipinski definition) is 5. The van der Waals surface area contributed by atoms with Crippen molar-refractivity contribution in [2.24, 2.45) is 11.7 Å². The largest absolute Gasteiger partial charge is 0.496 e. The highest BCUT2D eigenvalue weighted by atomic mass is 16.5. The summed E-state index contributed by atoms with van der Waals surface area (Å²) < 4.78 is 10.7. The maximum absolute atomic E-state index is 5.78. The average molecular weight is 275 g/mol. The third-order valence-corrected chi connectivity index (χ3v) is 3.42. The second-order valence-electron chi connectivity index (χ2n) is 5.25. The summed E-state index contributed by atoms with van der Waals surface area (Å²) in [7, 11) is 1.63. The van der Waals surface area contributed by atoms with Gasteiger partial charge in [0.15, 0.2) is 0 Å². The molecule has 0 saturated carbocycles. The van der Waals surface area contributed by atoms with E-state index in [9.17, 15) is 0 Å². The topological polar surface area (TPSA) is 74.2 Å². The Bertz CT molecular complexity index is 578. The Morgan fingerprint density at radius 3 is 2.70 bits per heavy atom. The number of nitrogens with zero attached hydrogens (tertiary/aromatic N) is 2. The summed E-state index contributed by atoms with van der Waals surface area (Å²) >= 11 is 0. The molecule has 1 atom stereocenters. The van der Waals surface area contributed by atoms with Crippen LogP contribution < -0.4 is 10.5 Å². The molecule has 2 aromatic rings. The minimum atomic E-state index is 0.0766. The van der Waals surface area contributed by atoms with Crippen LogP contribution in [0.5, 0.6) is 5.75 Å². The number of aryl methyl sites for hydroxylation is 1. The molecule has 5 heteroatoms. The van der Waals surface area contributed by atoms with Gasteiger partial charge in [-0.2, -0.15) is 4.98 Å². The Kier molecular flexibility index (Phi) is 4.39. The van der Waals surface area contributed by atoms with Crippen molar-refractivity contribution < 1.29 is 9.26 Å². The fourth-order valence-electron chi connectivity index (χ4n) is 2.14. The van der Waals surface area contributed by atoms with Crippen molar-refractivity contribution >= 4 is 0 Å². The Hall–Kier alpha value is -1.88. The molecule has 0 aliphatic carbocycles. The number of benzene rings is 1. The van der Waals surface area contributed by atoms with E-state index in [2.05, 4.69) is 24.0 Å². The first-order chi connectivity index (χ1) is 9.56. The van der Waals surface area contributed by atoms with Crippen LogP contribution in [0.1, 0.15) is 31.2 Å². The van der Waals surface area contributed by atoms with Crippen LogP contribution in [0.25, 0.3) is 11.4 Å². The Morgan fingerprint density at radius 2 is 2.10 bits per heavy atom. The summed E-state index contributed by atoms with van der Waals surface area (Å²) in [5.41, 5.74) is 7.73. The van der Waals surface area contributed by atoms with Crippen LogP contribution in [0, 0.1) is 12.8 Å². The lowest BCUT2D eigenvalue weighted by Crippen LogP contribution is -2.18. The van der Waals surface area contributed by atoms with E-state index in [1.165, 1.54) is 0 Å². The Morgan fingerprint density at radius 1 is 1.35 bits per heavy atom. The van der Waals surface area contributed by atoms with Crippen LogP contribution in [0.2, 0.25) is 0 Å². The van der Waals surface area contributed by atoms with Gasteiger partial charge in [-0.25, -0.2) is 0 Å². The monoisotopic (exact) mass is 275 g/mol. The number of methoxy groups -OCH3 is 1. The summed E-state index contributed by atoms with van der Waals surface area (Å²) in [6.45, 7) is 6.68. The van der Waals surface area contributed by atoms with Crippen LogP contribution >= 0.6 is 0 Å². The van der Waals surface area contributed by atoms with E-state index < -0.39 is 0 Å². The van der Waals surface area contributed by atoms with Crippen LogP contribution in [-0.2, 0) is 0 Å². The van der Waals surface area contributed by atoms with Gasteiger partial charge >= 0.3 is 0 Å². The predicted octanol–water partition coefficient (Wildman–Crippen LogP) is 2.75. The third-order valence-electron chi connectivity index (χ3n) is 3.42. The zero-order valence-electron chi connectivity index (χ0n) is 12.4. The molecule has 2 N–H and O–H groups in total. The zero-order valence-corrected chi connectivity index (χ0v) is 12.4. The second kappa shape index (κ2) is 6.05. The minimum Gasteiger partial charge on any atom is -0.496 e. The smallest absolute Gasteiger partial charge is 0.231 e. The van der Waals surface area contributed by atoms with E-state index in [1.807, 2.05) is 25.1 Å². The molecule has 2 rings (SSSR count). The SMILES string of the molecule is COc1cc(C)ccc1-c1noc(C(CN)C(C)C)n1. The van der Waals surface area contributed by atoms with E-state index in [-0.39, 0.29) is 5.92 Å². The Labute approximate surface area is 119 Å². The summed E-state index contributed by atoms with van der Waals surface area (Å²) in [4.78, 5) is 4.47. The van der Waals surface area contributed by atoms with Crippen LogP contribution in [0.4, 0.5) is 0 Å². The first kappa shape index (κ1) is 14.5. The van der Waals surface area contributed by atoms with Gasteiger partial charge in [-0.05, 0) is 30.5 Å². The van der Waals surface area contributed by atoms with Crippen molar-refractivity contribution in [1.82, 2.24) is 10.1 Å². The molecule has 0 radical (unpaired) electrons. The average Bonchev–Trinajstić information content (AvgIpc) is 2.88. The molecule has 1 heterocycles. The standard InChI is InChI=1S/C15H21N3O2/c1-9(2)12(8-16)15-17-14(18-20-15)11-6-5-10(3)7-13(11)19-4/h5-7,9,12H,8,16H2,1-4H3. The molecule has 1 unspecified atom stereocenters. The van der Waals surface area contributed by atoms with Crippen molar-refractivity contribution in [3.63, 3.8) is 0 Å². The van der Waals surface area contributed by atoms with Gasteiger partial charge in [-0.15, -0.1) is 0 Å². The fraction of sp³-hybridized carbons (Fsp3) is 0.467. The molecule has 5 nitrogen and oxygen atoms in total. The molecule has 20 heavy (non-hydrogen) atoms. The highest BCUT2D eigenvalue weighted by Gasteiger charge is 2.22. The van der Waals surface area contributed by atoms with E-state index in [1.54, 1.807) is 7.11 Å². The fourth-order valence-corrected chi connectivity index (χ4v) is 2.14. The number of hydrogen-bond donors (Lipinski definition) is 1.